The lowest BCUT2D eigenvalue weighted by Gasteiger charge is -2.42. The molecule has 3 aliphatic carbocycles. The zero-order valence-corrected chi connectivity index (χ0v) is 18.0. The highest BCUT2D eigenvalue weighted by Gasteiger charge is 2.47. The van der Waals surface area contributed by atoms with Gasteiger partial charge in [0.2, 0.25) is 0 Å². The van der Waals surface area contributed by atoms with Gasteiger partial charge in [-0.2, -0.15) is 8.42 Å². The van der Waals surface area contributed by atoms with Crippen molar-refractivity contribution in [1.82, 2.24) is 4.72 Å². The van der Waals surface area contributed by atoms with Crippen molar-refractivity contribution in [3.05, 3.63) is 52.6 Å². The molecule has 1 aromatic carbocycles. The fourth-order valence-corrected chi connectivity index (χ4v) is 5.99. The molecular weight excluding hydrogens is 406 g/mol. The van der Waals surface area contributed by atoms with Crippen LogP contribution in [-0.4, -0.2) is 31.1 Å². The summed E-state index contributed by atoms with van der Waals surface area (Å²) in [6.07, 6.45) is 6.00. The van der Waals surface area contributed by atoms with Crippen LogP contribution in [-0.2, 0) is 32.0 Å². The summed E-state index contributed by atoms with van der Waals surface area (Å²) in [5, 5.41) is 10.7. The Kier molecular flexibility index (Phi) is 4.97. The molecule has 0 saturated heterocycles. The van der Waals surface area contributed by atoms with Gasteiger partial charge in [-0.05, 0) is 66.7 Å². The molecule has 0 heterocycles. The fourth-order valence-electron chi connectivity index (χ4n) is 5.62. The lowest BCUT2D eigenvalue weighted by atomic mass is 9.62. The number of hydrogen-bond donors (Lipinski definition) is 3. The Balaban J connectivity index is 1.73. The average Bonchev–Trinajstić information content (AvgIpc) is 3.00. The standard InChI is InChI=1S/C22H27NO6S/c1-13-8-10-21(2)11-9-17-16-7-5-15(12-14(16)4-6-18(17)19(13)21)22(25,29-3)20(24)23-30(26,27)28/h5,7,12,19,25H,1,4,6,8-11H2,2-3H3,(H,23,24)(H,26,27,28)/t19?,21-,22?/m0/s1. The Labute approximate surface area is 176 Å². The van der Waals surface area contributed by atoms with Crippen LogP contribution < -0.4 is 4.72 Å². The molecular formula is C22H27NO6S. The van der Waals surface area contributed by atoms with Crippen molar-refractivity contribution in [2.24, 2.45) is 11.3 Å². The van der Waals surface area contributed by atoms with E-state index in [4.69, 9.17) is 9.29 Å². The van der Waals surface area contributed by atoms with Crippen LogP contribution in [0.15, 0.2) is 35.9 Å². The smallest absolute Gasteiger partial charge is 0.354 e. The van der Waals surface area contributed by atoms with Crippen LogP contribution in [0.5, 0.6) is 0 Å². The van der Waals surface area contributed by atoms with Crippen molar-refractivity contribution in [1.29, 1.82) is 0 Å². The highest BCUT2D eigenvalue weighted by Crippen LogP contribution is 2.59. The number of aliphatic hydroxyl groups is 1. The van der Waals surface area contributed by atoms with E-state index in [1.165, 1.54) is 27.9 Å². The Morgan fingerprint density at radius 3 is 2.63 bits per heavy atom. The van der Waals surface area contributed by atoms with Gasteiger partial charge in [0.1, 0.15) is 0 Å². The van der Waals surface area contributed by atoms with E-state index >= 15 is 0 Å². The van der Waals surface area contributed by atoms with Crippen molar-refractivity contribution in [3.63, 3.8) is 0 Å². The minimum absolute atomic E-state index is 0.111. The number of amides is 1. The lowest BCUT2D eigenvalue weighted by Crippen LogP contribution is -2.47. The molecule has 2 unspecified atom stereocenters. The van der Waals surface area contributed by atoms with Gasteiger partial charge in [-0.1, -0.05) is 36.8 Å². The number of nitrogens with one attached hydrogen (secondary N) is 1. The molecule has 1 amide bonds. The maximum absolute atomic E-state index is 12.3. The SMILES string of the molecule is C=C1CC[C@@]2(C)CCC3=C(CCc4cc(C(O)(OC)C(=O)NS(=O)(=O)O)ccc43)C12. The second kappa shape index (κ2) is 7.02. The summed E-state index contributed by atoms with van der Waals surface area (Å²) in [5.41, 5.74) is 6.61. The minimum atomic E-state index is -4.83. The third-order valence-electron chi connectivity index (χ3n) is 7.11. The van der Waals surface area contributed by atoms with Crippen LogP contribution in [0.4, 0.5) is 0 Å². The Morgan fingerprint density at radius 1 is 1.27 bits per heavy atom. The second-order valence-corrected chi connectivity index (χ2v) is 10.0. The molecule has 0 spiro atoms. The first-order valence-corrected chi connectivity index (χ1v) is 11.5. The third-order valence-corrected chi connectivity index (χ3v) is 7.56. The number of hydrogen-bond acceptors (Lipinski definition) is 5. The maximum atomic E-state index is 12.3. The van der Waals surface area contributed by atoms with Gasteiger partial charge in [0.15, 0.2) is 0 Å². The predicted octanol–water partition coefficient (Wildman–Crippen LogP) is 2.86. The van der Waals surface area contributed by atoms with E-state index in [1.807, 2.05) is 6.07 Å². The van der Waals surface area contributed by atoms with Crippen molar-refractivity contribution >= 4 is 21.8 Å². The monoisotopic (exact) mass is 433 g/mol. The van der Waals surface area contributed by atoms with Crippen molar-refractivity contribution in [2.75, 3.05) is 7.11 Å². The molecule has 0 radical (unpaired) electrons. The number of carbonyl (C=O) groups excluding carboxylic acids is 1. The van der Waals surface area contributed by atoms with E-state index in [2.05, 4.69) is 13.5 Å². The summed E-state index contributed by atoms with van der Waals surface area (Å²) in [7, 11) is -3.74. The van der Waals surface area contributed by atoms with E-state index < -0.39 is 22.0 Å². The van der Waals surface area contributed by atoms with Gasteiger partial charge in [0, 0.05) is 18.6 Å². The molecule has 3 atom stereocenters. The Bertz CT molecular complexity index is 1080. The minimum Gasteiger partial charge on any atom is -0.354 e. The van der Waals surface area contributed by atoms with Gasteiger partial charge in [0.25, 0.3) is 11.7 Å². The molecule has 8 heteroatoms. The molecule has 4 rings (SSSR count). The van der Waals surface area contributed by atoms with E-state index in [1.54, 1.807) is 12.1 Å². The molecule has 30 heavy (non-hydrogen) atoms. The summed E-state index contributed by atoms with van der Waals surface area (Å²) < 4.78 is 37.2. The number of methoxy groups -OCH3 is 1. The van der Waals surface area contributed by atoms with Gasteiger partial charge >= 0.3 is 10.3 Å². The van der Waals surface area contributed by atoms with Crippen molar-refractivity contribution in [3.8, 4) is 0 Å². The van der Waals surface area contributed by atoms with Crippen molar-refractivity contribution < 1.29 is 27.6 Å². The van der Waals surface area contributed by atoms with Crippen molar-refractivity contribution in [2.45, 2.75) is 51.2 Å². The molecule has 0 bridgehead atoms. The van der Waals surface area contributed by atoms with Gasteiger partial charge in [-0.3, -0.25) is 9.35 Å². The van der Waals surface area contributed by atoms with Crippen LogP contribution in [0.25, 0.3) is 5.57 Å². The van der Waals surface area contributed by atoms with Gasteiger partial charge in [0.05, 0.1) is 0 Å². The predicted molar refractivity (Wildman–Crippen MR) is 111 cm³/mol. The third kappa shape index (κ3) is 3.32. The van der Waals surface area contributed by atoms with E-state index in [9.17, 15) is 18.3 Å². The molecule has 3 N–H and O–H groups in total. The lowest BCUT2D eigenvalue weighted by molar-refractivity contribution is -0.200. The van der Waals surface area contributed by atoms with Crippen LogP contribution in [0.2, 0.25) is 0 Å². The van der Waals surface area contributed by atoms with Crippen LogP contribution in [0, 0.1) is 11.3 Å². The van der Waals surface area contributed by atoms with Crippen LogP contribution in [0.1, 0.15) is 55.7 Å². The number of benzene rings is 1. The quantitative estimate of drug-likeness (QED) is 0.382. The molecule has 3 aliphatic rings. The molecule has 1 aromatic rings. The van der Waals surface area contributed by atoms with Gasteiger partial charge in [-0.25, -0.2) is 4.72 Å². The maximum Gasteiger partial charge on any atom is 0.359 e. The first-order valence-electron chi connectivity index (χ1n) is 10.1. The van der Waals surface area contributed by atoms with E-state index in [0.29, 0.717) is 5.92 Å². The molecule has 7 nitrogen and oxygen atoms in total. The highest BCUT2D eigenvalue weighted by atomic mass is 32.2. The van der Waals surface area contributed by atoms with E-state index in [0.717, 1.165) is 50.3 Å². The Hall–Kier alpha value is -2.00. The summed E-state index contributed by atoms with van der Waals surface area (Å²) >= 11 is 0. The number of ether oxygens (including phenoxy) is 1. The zero-order chi connectivity index (χ0) is 21.9. The normalized spacial score (nSPS) is 27.7. The largest absolute Gasteiger partial charge is 0.359 e. The number of fused-ring (bicyclic) bond motifs is 4. The van der Waals surface area contributed by atoms with Gasteiger partial charge < -0.3 is 9.84 Å². The summed E-state index contributed by atoms with van der Waals surface area (Å²) in [4.78, 5) is 12.3. The molecule has 1 saturated carbocycles. The summed E-state index contributed by atoms with van der Waals surface area (Å²) in [6, 6.07) is 5.12. The topological polar surface area (TPSA) is 113 Å². The van der Waals surface area contributed by atoms with E-state index in [-0.39, 0.29) is 11.0 Å². The molecule has 162 valence electrons. The number of aryl methyl sites for hydroxylation is 1. The number of rotatable bonds is 4. The highest BCUT2D eigenvalue weighted by molar-refractivity contribution is 7.84. The van der Waals surface area contributed by atoms with Crippen LogP contribution in [0.3, 0.4) is 0 Å². The Morgan fingerprint density at radius 2 is 1.97 bits per heavy atom. The van der Waals surface area contributed by atoms with Crippen LogP contribution >= 0.6 is 0 Å². The van der Waals surface area contributed by atoms with Gasteiger partial charge in [-0.15, -0.1) is 0 Å². The fraction of sp³-hybridized carbons (Fsp3) is 0.500. The first kappa shape index (κ1) is 21.2. The molecule has 0 aromatic heterocycles. The summed E-state index contributed by atoms with van der Waals surface area (Å²) in [5.74, 6) is -3.49. The number of carbonyl (C=O) groups is 1. The average molecular weight is 434 g/mol. The second-order valence-electron chi connectivity index (χ2n) is 8.88. The molecule has 0 aliphatic heterocycles. The number of allylic oxidation sites excluding steroid dienone is 3. The first-order chi connectivity index (χ1) is 14.0. The summed E-state index contributed by atoms with van der Waals surface area (Å²) in [6.45, 7) is 6.70. The zero-order valence-electron chi connectivity index (χ0n) is 17.2. The molecule has 1 fully saturated rings.